The molecule has 0 fully saturated rings. The van der Waals surface area contributed by atoms with E-state index in [9.17, 15) is 0 Å². The maximum Gasteiger partial charge on any atom is 0.179 e. The lowest BCUT2D eigenvalue weighted by atomic mass is 10.0. The Morgan fingerprint density at radius 1 is 0.234 bits per heavy atom. The summed E-state index contributed by atoms with van der Waals surface area (Å²) in [6, 6.07) is 92.1. The number of fused-ring (bicyclic) bond motifs is 3. The molecule has 3 nitrogen and oxygen atoms in total. The van der Waals surface area contributed by atoms with Crippen molar-refractivity contribution in [3.63, 3.8) is 0 Å². The molecule has 0 N–H and O–H groups in total. The molecule has 0 saturated heterocycles. The van der Waals surface area contributed by atoms with E-state index in [4.69, 9.17) is 0 Å². The third-order valence-corrected chi connectivity index (χ3v) is 18.3. The summed E-state index contributed by atoms with van der Waals surface area (Å²) in [5.41, 5.74) is 13.1. The Balaban J connectivity index is 0.966. The van der Waals surface area contributed by atoms with Crippen molar-refractivity contribution in [2.75, 3.05) is 0 Å². The number of rotatable bonds is 8. The van der Waals surface area contributed by atoms with Gasteiger partial charge >= 0.3 is 0 Å². The lowest BCUT2D eigenvalue weighted by Crippen LogP contribution is -2.74. The Hall–Kier alpha value is -8.18. The number of para-hydroxylation sites is 2. The van der Waals surface area contributed by atoms with Crippen molar-refractivity contribution in [3.05, 3.63) is 249 Å². The van der Waals surface area contributed by atoms with Crippen molar-refractivity contribution in [2.24, 2.45) is 0 Å². The van der Waals surface area contributed by atoms with Crippen LogP contribution in [0, 0.1) is 0 Å². The first kappa shape index (κ1) is 36.5. The van der Waals surface area contributed by atoms with Crippen LogP contribution in [-0.2, 0) is 0 Å². The molecule has 300 valence electrons. The molecule has 0 amide bonds. The van der Waals surface area contributed by atoms with Crippen LogP contribution in [0.5, 0.6) is 0 Å². The molecular weight excluding hydrogens is 791 g/mol. The van der Waals surface area contributed by atoms with E-state index in [1.807, 2.05) is 0 Å². The topological polar surface area (TPSA) is 14.8 Å². The summed E-state index contributed by atoms with van der Waals surface area (Å²) < 4.78 is 7.35. The summed E-state index contributed by atoms with van der Waals surface area (Å²) in [5.74, 6) is 0. The third-order valence-electron chi connectivity index (χ3n) is 13.5. The Bertz CT molecular complexity index is 3620. The Morgan fingerprint density at radius 2 is 0.547 bits per heavy atom. The van der Waals surface area contributed by atoms with Gasteiger partial charge in [0.05, 0.1) is 33.1 Å². The fourth-order valence-corrected chi connectivity index (χ4v) is 15.7. The van der Waals surface area contributed by atoms with E-state index in [2.05, 4.69) is 262 Å². The quantitative estimate of drug-likeness (QED) is 0.107. The summed E-state index contributed by atoms with van der Waals surface area (Å²) in [4.78, 5) is 0. The summed E-state index contributed by atoms with van der Waals surface area (Å²) in [5, 5.41) is 10.6. The van der Waals surface area contributed by atoms with E-state index in [-0.39, 0.29) is 0 Å². The van der Waals surface area contributed by atoms with Gasteiger partial charge in [-0.2, -0.15) is 0 Å². The van der Waals surface area contributed by atoms with Crippen molar-refractivity contribution in [1.29, 1.82) is 0 Å². The zero-order valence-corrected chi connectivity index (χ0v) is 36.0. The minimum Gasteiger partial charge on any atom is -0.309 e. The molecule has 3 aromatic heterocycles. The molecule has 0 atom stereocenters. The highest BCUT2D eigenvalue weighted by Crippen LogP contribution is 2.43. The average Bonchev–Trinajstić information content (AvgIpc) is 4.02. The van der Waals surface area contributed by atoms with Crippen molar-refractivity contribution in [3.8, 4) is 28.2 Å². The Morgan fingerprint density at radius 3 is 0.984 bits per heavy atom. The van der Waals surface area contributed by atoms with Crippen LogP contribution in [0.15, 0.2) is 249 Å². The molecule has 13 aromatic rings. The largest absolute Gasteiger partial charge is 0.309 e. The first-order valence-corrected chi connectivity index (χ1v) is 24.1. The molecule has 0 spiro atoms. The average molecular weight is 832 g/mol. The number of aromatic nitrogens is 3. The molecule has 4 heteroatoms. The van der Waals surface area contributed by atoms with Gasteiger partial charge in [0.2, 0.25) is 0 Å². The third kappa shape index (κ3) is 5.33. The number of benzene rings is 10. The Kier molecular flexibility index (Phi) is 8.23. The smallest absolute Gasteiger partial charge is 0.179 e. The zero-order valence-electron chi connectivity index (χ0n) is 35.0. The number of nitrogens with zero attached hydrogens (tertiary/aromatic N) is 3. The van der Waals surface area contributed by atoms with Gasteiger partial charge in [0.25, 0.3) is 0 Å². The molecule has 0 aliphatic heterocycles. The van der Waals surface area contributed by atoms with Crippen LogP contribution >= 0.6 is 0 Å². The van der Waals surface area contributed by atoms with Gasteiger partial charge in [0, 0.05) is 38.6 Å². The fourth-order valence-electron chi connectivity index (χ4n) is 10.9. The number of hydrogen-bond acceptors (Lipinski definition) is 0. The van der Waals surface area contributed by atoms with Crippen molar-refractivity contribution < 1.29 is 0 Å². The molecular formula is C60H41N3Si. The van der Waals surface area contributed by atoms with Crippen LogP contribution < -0.4 is 20.7 Å². The predicted octanol–water partition coefficient (Wildman–Crippen LogP) is 12.3. The lowest BCUT2D eigenvalue weighted by Gasteiger charge is -2.34. The van der Waals surface area contributed by atoms with Gasteiger partial charge in [-0.25, -0.2) is 0 Å². The maximum atomic E-state index is 2.50. The van der Waals surface area contributed by atoms with Gasteiger partial charge in [-0.15, -0.1) is 0 Å². The highest BCUT2D eigenvalue weighted by atomic mass is 28.3. The molecule has 0 aliphatic rings. The van der Waals surface area contributed by atoms with Crippen LogP contribution in [0.1, 0.15) is 0 Å². The normalized spacial score (nSPS) is 12.1. The molecule has 13 rings (SSSR count). The van der Waals surface area contributed by atoms with Crippen LogP contribution in [0.3, 0.4) is 0 Å². The molecule has 3 heterocycles. The summed E-state index contributed by atoms with van der Waals surface area (Å²) >= 11 is 0. The predicted molar refractivity (Wildman–Crippen MR) is 272 cm³/mol. The Labute approximate surface area is 372 Å². The first-order valence-electron chi connectivity index (χ1n) is 22.1. The maximum absolute atomic E-state index is 2.73. The highest BCUT2D eigenvalue weighted by Gasteiger charge is 2.41. The lowest BCUT2D eigenvalue weighted by molar-refractivity contribution is 1.16. The van der Waals surface area contributed by atoms with E-state index < -0.39 is 8.07 Å². The molecule has 0 aliphatic carbocycles. The van der Waals surface area contributed by atoms with Crippen molar-refractivity contribution in [2.45, 2.75) is 0 Å². The minimum atomic E-state index is -2.73. The van der Waals surface area contributed by atoms with Crippen LogP contribution in [0.25, 0.3) is 82.8 Å². The van der Waals surface area contributed by atoms with Gasteiger partial charge in [-0.05, 0) is 105 Å². The van der Waals surface area contributed by atoms with Gasteiger partial charge in [-0.1, -0.05) is 176 Å². The van der Waals surface area contributed by atoms with Gasteiger partial charge in [0.15, 0.2) is 8.07 Å². The summed E-state index contributed by atoms with van der Waals surface area (Å²) in [7, 11) is -2.73. The molecule has 0 unspecified atom stereocenters. The van der Waals surface area contributed by atoms with Crippen LogP contribution in [0.2, 0.25) is 0 Å². The van der Waals surface area contributed by atoms with Crippen LogP contribution in [-0.4, -0.2) is 21.8 Å². The molecule has 0 radical (unpaired) electrons. The highest BCUT2D eigenvalue weighted by molar-refractivity contribution is 7.19. The second kappa shape index (κ2) is 14.5. The summed E-state index contributed by atoms with van der Waals surface area (Å²) in [6.07, 6.45) is 0. The van der Waals surface area contributed by atoms with E-state index in [1.54, 1.807) is 0 Å². The summed E-state index contributed by atoms with van der Waals surface area (Å²) in [6.45, 7) is 0. The fraction of sp³-hybridized carbons (Fsp3) is 0. The van der Waals surface area contributed by atoms with Crippen LogP contribution in [0.4, 0.5) is 0 Å². The van der Waals surface area contributed by atoms with Gasteiger partial charge < -0.3 is 13.7 Å². The SMILES string of the molecule is c1ccc([Si](c2ccccc2)(c2ccccc2)c2cccc(-n3c4cccc5c4c4c(cccc43)n5-c3cccc(-c4cccc(-n5c6ccccc6c6ccccc65)c4)c3)c2)cc1. The van der Waals surface area contributed by atoms with Gasteiger partial charge in [0.1, 0.15) is 0 Å². The molecule has 64 heavy (non-hydrogen) atoms. The molecule has 0 bridgehead atoms. The second-order valence-electron chi connectivity index (χ2n) is 16.9. The monoisotopic (exact) mass is 831 g/mol. The number of hydrogen-bond donors (Lipinski definition) is 0. The minimum absolute atomic E-state index is 1.15. The van der Waals surface area contributed by atoms with E-state index in [0.717, 1.165) is 11.4 Å². The van der Waals surface area contributed by atoms with Gasteiger partial charge in [-0.3, -0.25) is 0 Å². The second-order valence-corrected chi connectivity index (χ2v) is 20.7. The molecule has 0 saturated carbocycles. The van der Waals surface area contributed by atoms with Crippen molar-refractivity contribution in [1.82, 2.24) is 13.7 Å². The van der Waals surface area contributed by atoms with E-state index >= 15 is 0 Å². The molecule has 10 aromatic carbocycles. The first-order chi connectivity index (χ1) is 31.8. The van der Waals surface area contributed by atoms with Crippen molar-refractivity contribution >= 4 is 83.5 Å². The standard InChI is InChI=1S/C60H41N3Si/c1-4-24-47(25-5-1)64(48-26-6-2-7-27-48,49-28-8-3-9-29-49)50-30-16-23-46(41-50)63-57-37-17-35-55-59(57)60-56(36-18-38-58(60)63)62(55)45-22-15-20-43(40-45)42-19-14-21-44(39-42)61-53-33-12-10-31-51(53)52-32-11-13-34-54(52)61/h1-41H. The van der Waals surface area contributed by atoms with E-state index in [1.165, 1.54) is 92.2 Å². The zero-order chi connectivity index (χ0) is 42.2. The van der Waals surface area contributed by atoms with E-state index in [0.29, 0.717) is 0 Å².